The molecule has 0 bridgehead atoms. The van der Waals surface area contributed by atoms with Crippen molar-refractivity contribution in [3.8, 4) is 0 Å². The number of rotatable bonds is 3. The van der Waals surface area contributed by atoms with Crippen LogP contribution in [-0.4, -0.2) is 13.1 Å². The third-order valence-corrected chi connectivity index (χ3v) is 3.59. The molecular weight excluding hydrogens is 315 g/mol. The van der Waals surface area contributed by atoms with E-state index in [9.17, 15) is 4.79 Å². The van der Waals surface area contributed by atoms with Crippen LogP contribution in [0.3, 0.4) is 0 Å². The van der Waals surface area contributed by atoms with E-state index in [0.717, 1.165) is 11.1 Å². The highest BCUT2D eigenvalue weighted by molar-refractivity contribution is 9.08. The van der Waals surface area contributed by atoms with Crippen LogP contribution in [0.25, 0.3) is 0 Å². The molecule has 1 atom stereocenters. The van der Waals surface area contributed by atoms with Gasteiger partial charge in [0.05, 0.1) is 13.0 Å². The molecule has 0 aromatic heterocycles. The summed E-state index contributed by atoms with van der Waals surface area (Å²) in [6, 6.07) is 3.48. The van der Waals surface area contributed by atoms with Crippen molar-refractivity contribution < 1.29 is 9.53 Å². The predicted octanol–water partition coefficient (Wildman–Crippen LogP) is 4.16. The van der Waals surface area contributed by atoms with Gasteiger partial charge < -0.3 is 4.74 Å². The Kier molecular flexibility index (Phi) is 5.09. The Bertz CT molecular complexity index is 384. The average Bonchev–Trinajstić information content (AvgIpc) is 2.26. The van der Waals surface area contributed by atoms with Crippen LogP contribution in [0.2, 0.25) is 10.0 Å². The molecule has 2 nitrogen and oxygen atoms in total. The van der Waals surface area contributed by atoms with E-state index in [-0.39, 0.29) is 11.9 Å². The number of carbonyl (C=O) groups is 1. The predicted molar refractivity (Wildman–Crippen MR) is 69.5 cm³/mol. The molecule has 1 aromatic rings. The number of hydrogen-bond acceptors (Lipinski definition) is 2. The monoisotopic (exact) mass is 324 g/mol. The van der Waals surface area contributed by atoms with Crippen molar-refractivity contribution in [1.82, 2.24) is 0 Å². The van der Waals surface area contributed by atoms with Crippen molar-refractivity contribution in [3.63, 3.8) is 0 Å². The van der Waals surface area contributed by atoms with Crippen LogP contribution >= 0.6 is 39.1 Å². The lowest BCUT2D eigenvalue weighted by Gasteiger charge is -2.12. The number of hydrogen-bond donors (Lipinski definition) is 0. The summed E-state index contributed by atoms with van der Waals surface area (Å²) in [5.74, 6) is -0.678. The number of methoxy groups -OCH3 is 1. The molecule has 0 radical (unpaired) electrons. The molecule has 0 saturated carbocycles. The minimum absolute atomic E-state index is 0.307. The van der Waals surface area contributed by atoms with E-state index in [0.29, 0.717) is 15.4 Å². The molecule has 1 rings (SSSR count). The smallest absolute Gasteiger partial charge is 0.312 e. The van der Waals surface area contributed by atoms with Crippen LogP contribution in [0.5, 0.6) is 0 Å². The van der Waals surface area contributed by atoms with Crippen molar-refractivity contribution in [1.29, 1.82) is 0 Å². The number of benzene rings is 1. The van der Waals surface area contributed by atoms with Crippen molar-refractivity contribution in [2.45, 2.75) is 18.2 Å². The second kappa shape index (κ2) is 5.89. The van der Waals surface area contributed by atoms with E-state index in [1.165, 1.54) is 7.11 Å². The highest BCUT2D eigenvalue weighted by atomic mass is 79.9. The van der Waals surface area contributed by atoms with Gasteiger partial charge in [-0.15, -0.1) is 0 Å². The van der Waals surface area contributed by atoms with Crippen LogP contribution in [-0.2, 0) is 14.9 Å². The molecule has 0 aliphatic carbocycles. The van der Waals surface area contributed by atoms with Crippen molar-refractivity contribution in [3.05, 3.63) is 33.3 Å². The standard InChI is InChI=1S/C11H11BrCl2O2/c1-6(11(15)16-2)7-3-9(13)8(5-12)10(14)4-7/h3-4,6H,5H2,1-2H3. The number of esters is 1. The quantitative estimate of drug-likeness (QED) is 0.616. The van der Waals surface area contributed by atoms with E-state index < -0.39 is 0 Å². The molecule has 88 valence electrons. The summed E-state index contributed by atoms with van der Waals surface area (Å²) >= 11 is 15.4. The molecule has 1 unspecified atom stereocenters. The maximum Gasteiger partial charge on any atom is 0.312 e. The molecule has 0 aliphatic rings. The van der Waals surface area contributed by atoms with Gasteiger partial charge in [0.1, 0.15) is 0 Å². The fraction of sp³-hybridized carbons (Fsp3) is 0.364. The van der Waals surface area contributed by atoms with Crippen LogP contribution in [0.4, 0.5) is 0 Å². The maximum atomic E-state index is 11.4. The molecule has 0 amide bonds. The lowest BCUT2D eigenvalue weighted by Crippen LogP contribution is -2.11. The lowest BCUT2D eigenvalue weighted by molar-refractivity contribution is -0.141. The lowest BCUT2D eigenvalue weighted by atomic mass is 10.0. The second-order valence-electron chi connectivity index (χ2n) is 3.34. The van der Waals surface area contributed by atoms with E-state index in [2.05, 4.69) is 20.7 Å². The van der Waals surface area contributed by atoms with Crippen molar-refractivity contribution in [2.75, 3.05) is 7.11 Å². The minimum atomic E-state index is -0.371. The normalized spacial score (nSPS) is 12.3. The minimum Gasteiger partial charge on any atom is -0.469 e. The largest absolute Gasteiger partial charge is 0.469 e. The summed E-state index contributed by atoms with van der Waals surface area (Å²) in [7, 11) is 1.36. The number of carbonyl (C=O) groups excluding carboxylic acids is 1. The van der Waals surface area contributed by atoms with Gasteiger partial charge in [0, 0.05) is 15.4 Å². The molecule has 16 heavy (non-hydrogen) atoms. The first kappa shape index (κ1) is 13.8. The van der Waals surface area contributed by atoms with Gasteiger partial charge in [-0.05, 0) is 30.2 Å². The molecule has 0 heterocycles. The summed E-state index contributed by atoms with van der Waals surface area (Å²) in [5, 5.41) is 1.68. The second-order valence-corrected chi connectivity index (χ2v) is 4.72. The Morgan fingerprint density at radius 3 is 2.31 bits per heavy atom. The highest BCUT2D eigenvalue weighted by Crippen LogP contribution is 2.31. The van der Waals surface area contributed by atoms with Crippen LogP contribution < -0.4 is 0 Å². The third-order valence-electron chi connectivity index (χ3n) is 2.35. The highest BCUT2D eigenvalue weighted by Gasteiger charge is 2.18. The summed E-state index contributed by atoms with van der Waals surface area (Å²) in [6.07, 6.45) is 0. The zero-order valence-corrected chi connectivity index (χ0v) is 12.0. The molecule has 5 heteroatoms. The van der Waals surface area contributed by atoms with E-state index in [1.54, 1.807) is 19.1 Å². The van der Waals surface area contributed by atoms with Gasteiger partial charge in [-0.3, -0.25) is 4.79 Å². The van der Waals surface area contributed by atoms with Gasteiger partial charge in [0.2, 0.25) is 0 Å². The van der Waals surface area contributed by atoms with E-state index in [1.807, 2.05) is 0 Å². The Morgan fingerprint density at radius 1 is 1.44 bits per heavy atom. The van der Waals surface area contributed by atoms with Gasteiger partial charge in [-0.2, -0.15) is 0 Å². The van der Waals surface area contributed by atoms with E-state index >= 15 is 0 Å². The molecule has 0 aliphatic heterocycles. The molecule has 0 fully saturated rings. The Labute approximate surface area is 113 Å². The molecule has 0 spiro atoms. The van der Waals surface area contributed by atoms with Crippen molar-refractivity contribution >= 4 is 45.1 Å². The van der Waals surface area contributed by atoms with Gasteiger partial charge in [0.25, 0.3) is 0 Å². The topological polar surface area (TPSA) is 26.3 Å². The summed E-state index contributed by atoms with van der Waals surface area (Å²) < 4.78 is 4.67. The first-order chi connectivity index (χ1) is 7.51. The fourth-order valence-electron chi connectivity index (χ4n) is 1.31. The number of halogens is 3. The number of ether oxygens (including phenoxy) is 1. The molecule has 0 N–H and O–H groups in total. The van der Waals surface area contributed by atoms with Crippen molar-refractivity contribution in [2.24, 2.45) is 0 Å². The Hall–Kier alpha value is -0.250. The van der Waals surface area contributed by atoms with Gasteiger partial charge in [0.15, 0.2) is 0 Å². The summed E-state index contributed by atoms with van der Waals surface area (Å²) in [5.41, 5.74) is 1.58. The SMILES string of the molecule is COC(=O)C(C)c1cc(Cl)c(CBr)c(Cl)c1. The van der Waals surface area contributed by atoms with Gasteiger partial charge >= 0.3 is 5.97 Å². The summed E-state index contributed by atoms with van der Waals surface area (Å²) in [4.78, 5) is 11.4. The van der Waals surface area contributed by atoms with Crippen LogP contribution in [0.1, 0.15) is 24.0 Å². The third kappa shape index (κ3) is 2.90. The Balaban J connectivity index is 3.13. The van der Waals surface area contributed by atoms with E-state index in [4.69, 9.17) is 23.2 Å². The summed E-state index contributed by atoms with van der Waals surface area (Å²) in [6.45, 7) is 1.75. The van der Waals surface area contributed by atoms with Crippen LogP contribution in [0.15, 0.2) is 12.1 Å². The number of alkyl halides is 1. The zero-order valence-electron chi connectivity index (χ0n) is 8.89. The first-order valence-corrected chi connectivity index (χ1v) is 6.50. The average molecular weight is 326 g/mol. The molecular formula is C11H11BrCl2O2. The Morgan fingerprint density at radius 2 is 1.94 bits per heavy atom. The maximum absolute atomic E-state index is 11.4. The molecule has 1 aromatic carbocycles. The molecule has 0 saturated heterocycles. The first-order valence-electron chi connectivity index (χ1n) is 4.62. The van der Waals surface area contributed by atoms with Gasteiger partial charge in [-0.25, -0.2) is 0 Å². The zero-order chi connectivity index (χ0) is 12.3. The van der Waals surface area contributed by atoms with Crippen LogP contribution in [0, 0.1) is 0 Å². The van der Waals surface area contributed by atoms with Gasteiger partial charge in [-0.1, -0.05) is 39.1 Å². The fourth-order valence-corrected chi connectivity index (χ4v) is 2.88.